The minimum Gasteiger partial charge on any atom is -0.324 e. The number of aryl methyl sites for hydroxylation is 1. The summed E-state index contributed by atoms with van der Waals surface area (Å²) in [5.74, 6) is -0.828. The van der Waals surface area contributed by atoms with E-state index in [0.717, 1.165) is 16.6 Å². The summed E-state index contributed by atoms with van der Waals surface area (Å²) in [6.45, 7) is 2.96. The van der Waals surface area contributed by atoms with Crippen LogP contribution in [0, 0.1) is 6.92 Å². The Kier molecular flexibility index (Phi) is 6.76. The molecule has 0 unspecified atom stereocenters. The van der Waals surface area contributed by atoms with Gasteiger partial charge in [-0.05, 0) is 49.7 Å². The molecule has 0 saturated carbocycles. The molecule has 5 nitrogen and oxygen atoms in total. The van der Waals surface area contributed by atoms with Crippen LogP contribution in [0.5, 0.6) is 0 Å². The van der Waals surface area contributed by atoms with Crippen LogP contribution in [0.25, 0.3) is 0 Å². The minimum atomic E-state index is -4.71. The zero-order chi connectivity index (χ0) is 22.1. The van der Waals surface area contributed by atoms with Crippen molar-refractivity contribution < 1.29 is 26.4 Å². The Hall–Kier alpha value is -1.97. The molecule has 0 spiro atoms. The fraction of sp³-hybridized carbons (Fsp3) is 0.278. The molecule has 0 fully saturated rings. The molecule has 29 heavy (non-hydrogen) atoms. The van der Waals surface area contributed by atoms with Gasteiger partial charge in [-0.25, -0.2) is 8.42 Å². The third-order valence-corrected chi connectivity index (χ3v) is 5.83. The lowest BCUT2D eigenvalue weighted by Crippen LogP contribution is -2.45. The zero-order valence-corrected chi connectivity index (χ0v) is 17.8. The SMILES string of the molecule is Cc1ccc(Cl)cc1N([C@@H](C)C(=O)Nc1ccc(Cl)c(C(F)(F)F)c1)S(C)(=O)=O. The van der Waals surface area contributed by atoms with Crippen LogP contribution in [0.15, 0.2) is 36.4 Å². The number of carbonyl (C=O) groups is 1. The van der Waals surface area contributed by atoms with Gasteiger partial charge in [0, 0.05) is 10.7 Å². The molecule has 1 atom stereocenters. The fourth-order valence-electron chi connectivity index (χ4n) is 2.67. The molecule has 0 aliphatic rings. The van der Waals surface area contributed by atoms with E-state index in [2.05, 4.69) is 5.32 Å². The van der Waals surface area contributed by atoms with Crippen LogP contribution in [0.3, 0.4) is 0 Å². The summed E-state index contributed by atoms with van der Waals surface area (Å²) in [5, 5.41) is 2.05. The number of nitrogens with zero attached hydrogens (tertiary/aromatic N) is 1. The Morgan fingerprint density at radius 1 is 1.14 bits per heavy atom. The van der Waals surface area contributed by atoms with Gasteiger partial charge in [-0.15, -0.1) is 0 Å². The summed E-state index contributed by atoms with van der Waals surface area (Å²) in [6.07, 6.45) is -3.79. The van der Waals surface area contributed by atoms with Crippen LogP contribution in [0.4, 0.5) is 24.5 Å². The van der Waals surface area contributed by atoms with Gasteiger partial charge in [0.1, 0.15) is 6.04 Å². The second-order valence-electron chi connectivity index (χ2n) is 6.35. The van der Waals surface area contributed by atoms with Crippen molar-refractivity contribution in [1.82, 2.24) is 0 Å². The first-order chi connectivity index (χ1) is 13.2. The lowest BCUT2D eigenvalue weighted by Gasteiger charge is -2.29. The second-order valence-corrected chi connectivity index (χ2v) is 9.05. The molecular weight excluding hydrogens is 452 g/mol. The smallest absolute Gasteiger partial charge is 0.324 e. The normalized spacial score (nSPS) is 13.1. The van der Waals surface area contributed by atoms with Gasteiger partial charge >= 0.3 is 6.18 Å². The lowest BCUT2D eigenvalue weighted by atomic mass is 10.1. The molecule has 0 saturated heterocycles. The number of amides is 1. The van der Waals surface area contributed by atoms with Gasteiger partial charge in [-0.1, -0.05) is 29.3 Å². The van der Waals surface area contributed by atoms with Crippen LogP contribution in [0.2, 0.25) is 10.0 Å². The highest BCUT2D eigenvalue weighted by Crippen LogP contribution is 2.36. The van der Waals surface area contributed by atoms with Crippen LogP contribution in [-0.2, 0) is 21.0 Å². The number of carbonyl (C=O) groups excluding carboxylic acids is 1. The highest BCUT2D eigenvalue weighted by molar-refractivity contribution is 7.92. The Labute approximate surface area is 176 Å². The highest BCUT2D eigenvalue weighted by atomic mass is 35.5. The van der Waals surface area contributed by atoms with Crippen LogP contribution in [0.1, 0.15) is 18.1 Å². The van der Waals surface area contributed by atoms with E-state index in [0.29, 0.717) is 11.6 Å². The van der Waals surface area contributed by atoms with Crippen molar-refractivity contribution in [3.8, 4) is 0 Å². The summed E-state index contributed by atoms with van der Waals surface area (Å²) in [5.41, 5.74) is -0.551. The molecule has 158 valence electrons. The van der Waals surface area contributed by atoms with E-state index >= 15 is 0 Å². The van der Waals surface area contributed by atoms with Gasteiger partial charge in [0.25, 0.3) is 0 Å². The summed E-state index contributed by atoms with van der Waals surface area (Å²) >= 11 is 11.5. The number of nitrogens with one attached hydrogen (secondary N) is 1. The van der Waals surface area contributed by atoms with E-state index in [1.807, 2.05) is 0 Å². The van der Waals surface area contributed by atoms with E-state index in [1.165, 1.54) is 19.1 Å². The largest absolute Gasteiger partial charge is 0.417 e. The quantitative estimate of drug-likeness (QED) is 0.662. The molecule has 0 aliphatic heterocycles. The second kappa shape index (κ2) is 8.41. The summed E-state index contributed by atoms with van der Waals surface area (Å²) < 4.78 is 64.6. The number of anilines is 2. The van der Waals surface area contributed by atoms with E-state index in [1.54, 1.807) is 19.1 Å². The predicted octanol–water partition coefficient (Wildman–Crippen LogP) is 5.11. The molecule has 0 radical (unpaired) electrons. The van der Waals surface area contributed by atoms with E-state index in [9.17, 15) is 26.4 Å². The van der Waals surface area contributed by atoms with Gasteiger partial charge < -0.3 is 5.32 Å². The Morgan fingerprint density at radius 2 is 1.76 bits per heavy atom. The van der Waals surface area contributed by atoms with Crippen molar-refractivity contribution in [3.63, 3.8) is 0 Å². The van der Waals surface area contributed by atoms with Crippen molar-refractivity contribution in [2.75, 3.05) is 15.9 Å². The number of hydrogen-bond donors (Lipinski definition) is 1. The first kappa shape index (κ1) is 23.3. The third kappa shape index (κ3) is 5.55. The maximum atomic E-state index is 13.0. The number of sulfonamides is 1. The van der Waals surface area contributed by atoms with Crippen molar-refractivity contribution in [3.05, 3.63) is 57.6 Å². The van der Waals surface area contributed by atoms with Gasteiger partial charge in [-0.3, -0.25) is 9.10 Å². The van der Waals surface area contributed by atoms with Gasteiger partial charge in [-0.2, -0.15) is 13.2 Å². The van der Waals surface area contributed by atoms with Crippen LogP contribution < -0.4 is 9.62 Å². The molecular formula is C18H17Cl2F3N2O3S. The molecule has 0 aromatic heterocycles. The van der Waals surface area contributed by atoms with E-state index in [-0.39, 0.29) is 16.4 Å². The third-order valence-electron chi connectivity index (χ3n) is 4.04. The maximum Gasteiger partial charge on any atom is 0.417 e. The molecule has 1 amide bonds. The molecule has 0 heterocycles. The summed E-state index contributed by atoms with van der Waals surface area (Å²) in [4.78, 5) is 12.7. The average molecular weight is 469 g/mol. The number of hydrogen-bond acceptors (Lipinski definition) is 3. The Balaban J connectivity index is 2.40. The first-order valence-corrected chi connectivity index (χ1v) is 10.8. The summed E-state index contributed by atoms with van der Waals surface area (Å²) in [6, 6.07) is 6.16. The lowest BCUT2D eigenvalue weighted by molar-refractivity contribution is -0.137. The number of halogens is 5. The fourth-order valence-corrected chi connectivity index (χ4v) is 4.28. The van der Waals surface area contributed by atoms with Gasteiger partial charge in [0.05, 0.1) is 22.5 Å². The average Bonchev–Trinajstić information content (AvgIpc) is 2.57. The monoisotopic (exact) mass is 468 g/mol. The Morgan fingerprint density at radius 3 is 2.31 bits per heavy atom. The van der Waals surface area contributed by atoms with Crippen LogP contribution >= 0.6 is 23.2 Å². The van der Waals surface area contributed by atoms with Gasteiger partial charge in [0.2, 0.25) is 15.9 Å². The van der Waals surface area contributed by atoms with Crippen LogP contribution in [-0.4, -0.2) is 26.6 Å². The number of benzene rings is 2. The van der Waals surface area contributed by atoms with Crippen molar-refractivity contribution in [1.29, 1.82) is 0 Å². The number of rotatable bonds is 5. The molecule has 11 heteroatoms. The van der Waals surface area contributed by atoms with Crippen molar-refractivity contribution >= 4 is 50.5 Å². The molecule has 0 aliphatic carbocycles. The highest BCUT2D eigenvalue weighted by Gasteiger charge is 2.34. The summed E-state index contributed by atoms with van der Waals surface area (Å²) in [7, 11) is -3.92. The van der Waals surface area contributed by atoms with Gasteiger partial charge in [0.15, 0.2) is 0 Å². The number of alkyl halides is 3. The molecule has 2 aromatic rings. The topological polar surface area (TPSA) is 66.5 Å². The predicted molar refractivity (Wildman–Crippen MR) is 108 cm³/mol. The molecule has 2 rings (SSSR count). The minimum absolute atomic E-state index is 0.171. The van der Waals surface area contributed by atoms with E-state index in [4.69, 9.17) is 23.2 Å². The standard InChI is InChI=1S/C18H17Cl2F3N2O3S/c1-10-4-5-12(19)8-16(10)25(29(3,27)28)11(2)17(26)24-13-6-7-15(20)14(9-13)18(21,22)23/h4-9,11H,1-3H3,(H,24,26)/t11-/m0/s1. The molecule has 1 N–H and O–H groups in total. The van der Waals surface area contributed by atoms with Crippen molar-refractivity contribution in [2.45, 2.75) is 26.1 Å². The van der Waals surface area contributed by atoms with E-state index < -0.39 is 38.7 Å². The maximum absolute atomic E-state index is 13.0. The Bertz CT molecular complexity index is 1040. The molecule has 0 bridgehead atoms. The van der Waals surface area contributed by atoms with Crippen molar-refractivity contribution in [2.24, 2.45) is 0 Å². The zero-order valence-electron chi connectivity index (χ0n) is 15.5. The first-order valence-electron chi connectivity index (χ1n) is 8.15. The molecule has 2 aromatic carbocycles.